The van der Waals surface area contributed by atoms with Crippen LogP contribution in [0.2, 0.25) is 0 Å². The second-order valence-electron chi connectivity index (χ2n) is 6.62. The van der Waals surface area contributed by atoms with Gasteiger partial charge in [0, 0.05) is 5.56 Å². The highest BCUT2D eigenvalue weighted by molar-refractivity contribution is 5.42. The lowest BCUT2D eigenvalue weighted by Gasteiger charge is -2.27. The molecule has 0 bridgehead atoms. The molecule has 1 atom stereocenters. The van der Waals surface area contributed by atoms with Crippen molar-refractivity contribution in [1.29, 1.82) is 0 Å². The fraction of sp³-hybridized carbons (Fsp3) is 0.217. The summed E-state index contributed by atoms with van der Waals surface area (Å²) < 4.78 is 24.0. The molecule has 28 heavy (non-hydrogen) atoms. The Labute approximate surface area is 164 Å². The lowest BCUT2D eigenvalue weighted by Crippen LogP contribution is -2.86. The van der Waals surface area contributed by atoms with Gasteiger partial charge in [0.25, 0.3) is 0 Å². The fourth-order valence-corrected chi connectivity index (χ4v) is 3.30. The summed E-state index contributed by atoms with van der Waals surface area (Å²) in [5, 5.41) is 13.5. The van der Waals surface area contributed by atoms with Gasteiger partial charge in [-0.25, -0.2) is 4.39 Å². The van der Waals surface area contributed by atoms with E-state index in [9.17, 15) is 9.50 Å². The normalized spacial score (nSPS) is 13.0. The number of quaternary nitrogens is 1. The second kappa shape index (κ2) is 8.87. The zero-order valence-electron chi connectivity index (χ0n) is 16.1. The minimum atomic E-state index is -1.23. The molecule has 3 aromatic carbocycles. The van der Waals surface area contributed by atoms with Gasteiger partial charge in [-0.15, -0.1) is 0 Å². The van der Waals surface area contributed by atoms with Crippen molar-refractivity contribution >= 4 is 0 Å². The molecule has 4 nitrogen and oxygen atoms in total. The Morgan fingerprint density at radius 1 is 0.857 bits per heavy atom. The van der Waals surface area contributed by atoms with Crippen molar-refractivity contribution < 1.29 is 24.3 Å². The Bertz CT molecular complexity index is 899. The van der Waals surface area contributed by atoms with Crippen molar-refractivity contribution in [3.8, 4) is 11.5 Å². The third kappa shape index (κ3) is 4.32. The standard InChI is InChI=1S/C23H24FNO3/c1-27-21-13-8-17(14-22(21)28-2)15-25-16-23(26,18-6-4-3-5-7-18)19-9-11-20(24)12-10-19/h3-14,25-26H,15-16H2,1-2H3/p+1/t23-/m0/s1. The average Bonchev–Trinajstić information content (AvgIpc) is 2.74. The highest BCUT2D eigenvalue weighted by atomic mass is 19.1. The third-order valence-electron chi connectivity index (χ3n) is 4.84. The lowest BCUT2D eigenvalue weighted by molar-refractivity contribution is -0.682. The number of benzene rings is 3. The number of rotatable bonds is 8. The van der Waals surface area contributed by atoms with E-state index in [1.807, 2.05) is 53.8 Å². The summed E-state index contributed by atoms with van der Waals surface area (Å²) in [5.41, 5.74) is 1.24. The molecule has 0 unspecified atom stereocenters. The zero-order chi connectivity index (χ0) is 20.0. The van der Waals surface area contributed by atoms with E-state index in [4.69, 9.17) is 9.47 Å². The summed E-state index contributed by atoms with van der Waals surface area (Å²) in [6.45, 7) is 1.04. The number of halogens is 1. The monoisotopic (exact) mass is 382 g/mol. The van der Waals surface area contributed by atoms with Crippen LogP contribution in [0.1, 0.15) is 16.7 Å². The maximum absolute atomic E-state index is 13.4. The molecule has 0 aliphatic carbocycles. The largest absolute Gasteiger partial charge is 0.493 e. The highest BCUT2D eigenvalue weighted by Crippen LogP contribution is 2.29. The van der Waals surface area contributed by atoms with Crippen LogP contribution in [-0.2, 0) is 12.1 Å². The molecular weight excluding hydrogens is 357 g/mol. The van der Waals surface area contributed by atoms with Gasteiger partial charge in [-0.05, 0) is 41.5 Å². The van der Waals surface area contributed by atoms with Crippen LogP contribution in [0.3, 0.4) is 0 Å². The molecule has 146 valence electrons. The Morgan fingerprint density at radius 2 is 1.50 bits per heavy atom. The summed E-state index contributed by atoms with van der Waals surface area (Å²) >= 11 is 0. The number of aliphatic hydroxyl groups is 1. The van der Waals surface area contributed by atoms with Crippen LogP contribution in [0, 0.1) is 5.82 Å². The van der Waals surface area contributed by atoms with Gasteiger partial charge in [0.15, 0.2) is 17.1 Å². The first kappa shape index (κ1) is 19.9. The summed E-state index contributed by atoms with van der Waals surface area (Å²) in [6.07, 6.45) is 0. The molecule has 0 saturated carbocycles. The van der Waals surface area contributed by atoms with E-state index in [2.05, 4.69) is 0 Å². The molecule has 0 radical (unpaired) electrons. The average molecular weight is 382 g/mol. The van der Waals surface area contributed by atoms with Crippen molar-refractivity contribution in [2.24, 2.45) is 0 Å². The van der Waals surface area contributed by atoms with Gasteiger partial charge in [0.1, 0.15) is 18.9 Å². The smallest absolute Gasteiger partial charge is 0.163 e. The fourth-order valence-electron chi connectivity index (χ4n) is 3.30. The predicted molar refractivity (Wildman–Crippen MR) is 106 cm³/mol. The van der Waals surface area contributed by atoms with Crippen LogP contribution in [0.4, 0.5) is 4.39 Å². The molecule has 0 heterocycles. The number of ether oxygens (including phenoxy) is 2. The van der Waals surface area contributed by atoms with Crippen LogP contribution < -0.4 is 14.8 Å². The second-order valence-corrected chi connectivity index (χ2v) is 6.62. The van der Waals surface area contributed by atoms with E-state index >= 15 is 0 Å². The minimum absolute atomic E-state index is 0.325. The number of hydrogen-bond donors (Lipinski definition) is 2. The first-order valence-corrected chi connectivity index (χ1v) is 9.13. The molecule has 0 aliphatic heterocycles. The maximum atomic E-state index is 13.4. The van der Waals surface area contributed by atoms with Gasteiger partial charge < -0.3 is 19.9 Å². The molecule has 3 N–H and O–H groups in total. The van der Waals surface area contributed by atoms with Gasteiger partial charge in [-0.2, -0.15) is 0 Å². The lowest BCUT2D eigenvalue weighted by atomic mass is 9.86. The van der Waals surface area contributed by atoms with Crippen molar-refractivity contribution in [2.45, 2.75) is 12.1 Å². The molecule has 5 heteroatoms. The maximum Gasteiger partial charge on any atom is 0.163 e. The van der Waals surface area contributed by atoms with E-state index in [1.54, 1.807) is 26.4 Å². The number of nitrogens with two attached hydrogens (primary N) is 1. The SMILES string of the molecule is COc1ccc(C[NH2+]C[C@](O)(c2ccccc2)c2ccc(F)cc2)cc1OC. The number of methoxy groups -OCH3 is 2. The van der Waals surface area contributed by atoms with E-state index < -0.39 is 5.60 Å². The molecule has 0 fully saturated rings. The van der Waals surface area contributed by atoms with Gasteiger partial charge in [0.2, 0.25) is 0 Å². The van der Waals surface area contributed by atoms with Gasteiger partial charge >= 0.3 is 0 Å². The van der Waals surface area contributed by atoms with Gasteiger partial charge in [-0.3, -0.25) is 0 Å². The molecule has 0 aliphatic rings. The van der Waals surface area contributed by atoms with Crippen LogP contribution in [-0.4, -0.2) is 25.9 Å². The first-order chi connectivity index (χ1) is 13.6. The Morgan fingerprint density at radius 3 is 2.14 bits per heavy atom. The highest BCUT2D eigenvalue weighted by Gasteiger charge is 2.33. The van der Waals surface area contributed by atoms with Crippen molar-refractivity contribution in [3.05, 3.63) is 95.3 Å². The molecule has 0 spiro atoms. The third-order valence-corrected chi connectivity index (χ3v) is 4.84. The van der Waals surface area contributed by atoms with Crippen LogP contribution in [0.15, 0.2) is 72.8 Å². The summed E-state index contributed by atoms with van der Waals surface area (Å²) in [5.74, 6) is 1.03. The molecule has 3 rings (SSSR count). The van der Waals surface area contributed by atoms with Crippen molar-refractivity contribution in [3.63, 3.8) is 0 Å². The summed E-state index contributed by atoms with van der Waals surface area (Å²) in [4.78, 5) is 0. The molecular formula is C23H25FNO3+. The number of hydrogen-bond acceptors (Lipinski definition) is 3. The van der Waals surface area contributed by atoms with Crippen LogP contribution >= 0.6 is 0 Å². The van der Waals surface area contributed by atoms with E-state index in [1.165, 1.54) is 12.1 Å². The summed E-state index contributed by atoms with van der Waals surface area (Å²) in [6, 6.07) is 21.2. The Kier molecular flexibility index (Phi) is 6.29. The van der Waals surface area contributed by atoms with Gasteiger partial charge in [-0.1, -0.05) is 42.5 Å². The predicted octanol–water partition coefficient (Wildman–Crippen LogP) is 2.84. The summed E-state index contributed by atoms with van der Waals surface area (Å²) in [7, 11) is 3.21. The topological polar surface area (TPSA) is 55.3 Å². The van der Waals surface area contributed by atoms with Crippen molar-refractivity contribution in [2.75, 3.05) is 20.8 Å². The van der Waals surface area contributed by atoms with Crippen LogP contribution in [0.25, 0.3) is 0 Å². The molecule has 0 amide bonds. The van der Waals surface area contributed by atoms with Crippen molar-refractivity contribution in [1.82, 2.24) is 0 Å². The quantitative estimate of drug-likeness (QED) is 0.630. The van der Waals surface area contributed by atoms with Gasteiger partial charge in [0.05, 0.1) is 14.2 Å². The zero-order valence-corrected chi connectivity index (χ0v) is 16.1. The van der Waals surface area contributed by atoms with E-state index in [0.717, 1.165) is 11.1 Å². The Balaban J connectivity index is 1.80. The van der Waals surface area contributed by atoms with E-state index in [-0.39, 0.29) is 5.82 Å². The molecule has 0 saturated heterocycles. The molecule has 3 aromatic rings. The molecule has 0 aromatic heterocycles. The van der Waals surface area contributed by atoms with E-state index in [0.29, 0.717) is 30.2 Å². The Hall–Kier alpha value is -2.89. The minimum Gasteiger partial charge on any atom is -0.493 e. The first-order valence-electron chi connectivity index (χ1n) is 9.13. The van der Waals surface area contributed by atoms with Crippen LogP contribution in [0.5, 0.6) is 11.5 Å².